The number of aromatic nitrogens is 2. The Bertz CT molecular complexity index is 686. The summed E-state index contributed by atoms with van der Waals surface area (Å²) in [6.45, 7) is 4.53. The molecule has 1 aromatic heterocycles. The highest BCUT2D eigenvalue weighted by Crippen LogP contribution is 2.30. The van der Waals surface area contributed by atoms with Crippen molar-refractivity contribution < 1.29 is 4.79 Å². The molecule has 1 heterocycles. The molecule has 122 valence electrons. The Morgan fingerprint density at radius 2 is 2.09 bits per heavy atom. The molecule has 0 spiro atoms. The third kappa shape index (κ3) is 3.83. The fourth-order valence-corrected chi connectivity index (χ4v) is 4.06. The van der Waals surface area contributed by atoms with E-state index in [0.29, 0.717) is 23.6 Å². The van der Waals surface area contributed by atoms with Crippen LogP contribution in [0.4, 0.5) is 0 Å². The van der Waals surface area contributed by atoms with Crippen LogP contribution in [0.15, 0.2) is 35.6 Å². The molecule has 0 bridgehead atoms. The van der Waals surface area contributed by atoms with Crippen LogP contribution in [0.3, 0.4) is 0 Å². The Balaban J connectivity index is 1.60. The quantitative estimate of drug-likeness (QED) is 0.687. The number of benzene rings is 1. The van der Waals surface area contributed by atoms with Gasteiger partial charge >= 0.3 is 0 Å². The minimum absolute atomic E-state index is 0.101. The summed E-state index contributed by atoms with van der Waals surface area (Å²) in [5.41, 5.74) is 0.917. The number of carbonyl (C=O) groups is 1. The predicted molar refractivity (Wildman–Crippen MR) is 94.4 cm³/mol. The van der Waals surface area contributed by atoms with E-state index >= 15 is 0 Å². The van der Waals surface area contributed by atoms with Gasteiger partial charge < -0.3 is 5.32 Å². The largest absolute Gasteiger partial charge is 0.352 e. The summed E-state index contributed by atoms with van der Waals surface area (Å²) in [6.07, 6.45) is 5.14. The van der Waals surface area contributed by atoms with E-state index in [1.54, 1.807) is 6.33 Å². The molecule has 1 N–H and O–H groups in total. The summed E-state index contributed by atoms with van der Waals surface area (Å²) in [5, 5.41) is 5.09. The molecule has 1 amide bonds. The number of hydrogen-bond acceptors (Lipinski definition) is 4. The van der Waals surface area contributed by atoms with Crippen LogP contribution < -0.4 is 5.32 Å². The molecule has 1 aliphatic rings. The molecule has 1 aromatic carbocycles. The van der Waals surface area contributed by atoms with Crippen molar-refractivity contribution in [1.82, 2.24) is 15.3 Å². The summed E-state index contributed by atoms with van der Waals surface area (Å²) in [4.78, 5) is 20.9. The monoisotopic (exact) mass is 329 g/mol. The van der Waals surface area contributed by atoms with Crippen molar-refractivity contribution in [2.45, 2.75) is 44.2 Å². The molecular formula is C18H23N3OS. The maximum Gasteiger partial charge on any atom is 0.230 e. The van der Waals surface area contributed by atoms with E-state index in [2.05, 4.69) is 29.1 Å². The van der Waals surface area contributed by atoms with Crippen LogP contribution in [0.25, 0.3) is 10.9 Å². The lowest BCUT2D eigenvalue weighted by atomic mass is 9.78. The fraction of sp³-hybridized carbons (Fsp3) is 0.500. The Morgan fingerprint density at radius 1 is 1.26 bits per heavy atom. The number of carbonyl (C=O) groups excluding carboxylic acids is 1. The SMILES string of the molecule is C[C@@H]1[C@H](C)CCC[C@H]1NC(=O)CSc1ncnc2ccccc12. The lowest BCUT2D eigenvalue weighted by Gasteiger charge is -2.34. The van der Waals surface area contributed by atoms with E-state index in [1.165, 1.54) is 24.6 Å². The van der Waals surface area contributed by atoms with Gasteiger partial charge in [-0.1, -0.05) is 56.7 Å². The Morgan fingerprint density at radius 3 is 2.96 bits per heavy atom. The third-order valence-corrected chi connectivity index (χ3v) is 5.90. The van der Waals surface area contributed by atoms with Gasteiger partial charge in [-0.3, -0.25) is 4.79 Å². The van der Waals surface area contributed by atoms with Crippen molar-refractivity contribution in [3.05, 3.63) is 30.6 Å². The van der Waals surface area contributed by atoms with E-state index in [1.807, 2.05) is 24.3 Å². The zero-order valence-electron chi connectivity index (χ0n) is 13.7. The number of nitrogens with one attached hydrogen (secondary N) is 1. The molecule has 0 aliphatic heterocycles. The topological polar surface area (TPSA) is 54.9 Å². The van der Waals surface area contributed by atoms with E-state index in [4.69, 9.17) is 0 Å². The molecule has 3 atom stereocenters. The maximum absolute atomic E-state index is 12.3. The molecule has 1 saturated carbocycles. The molecule has 5 heteroatoms. The molecule has 0 unspecified atom stereocenters. The van der Waals surface area contributed by atoms with E-state index in [-0.39, 0.29) is 5.91 Å². The molecular weight excluding hydrogens is 306 g/mol. The second kappa shape index (κ2) is 7.30. The van der Waals surface area contributed by atoms with Crippen molar-refractivity contribution in [3.8, 4) is 0 Å². The summed E-state index contributed by atoms with van der Waals surface area (Å²) in [5.74, 6) is 1.74. The van der Waals surface area contributed by atoms with Gasteiger partial charge in [0.05, 0.1) is 11.3 Å². The van der Waals surface area contributed by atoms with E-state index < -0.39 is 0 Å². The van der Waals surface area contributed by atoms with Gasteiger partial charge in [-0.25, -0.2) is 9.97 Å². The van der Waals surface area contributed by atoms with Gasteiger partial charge in [0.2, 0.25) is 5.91 Å². The first kappa shape index (κ1) is 16.2. The normalized spacial score (nSPS) is 24.5. The van der Waals surface area contributed by atoms with Crippen LogP contribution in [0.1, 0.15) is 33.1 Å². The molecule has 2 aromatic rings. The van der Waals surface area contributed by atoms with Gasteiger partial charge in [0.1, 0.15) is 11.4 Å². The zero-order chi connectivity index (χ0) is 16.2. The Hall–Kier alpha value is -1.62. The van der Waals surface area contributed by atoms with Crippen molar-refractivity contribution in [3.63, 3.8) is 0 Å². The minimum Gasteiger partial charge on any atom is -0.352 e. The number of nitrogens with zero attached hydrogens (tertiary/aromatic N) is 2. The second-order valence-electron chi connectivity index (χ2n) is 6.43. The highest BCUT2D eigenvalue weighted by atomic mass is 32.2. The predicted octanol–water partition coefficient (Wildman–Crippen LogP) is 3.66. The molecule has 3 rings (SSSR count). The highest BCUT2D eigenvalue weighted by molar-refractivity contribution is 8.00. The molecule has 0 saturated heterocycles. The molecule has 4 nitrogen and oxygen atoms in total. The van der Waals surface area contributed by atoms with Gasteiger partial charge in [-0.05, 0) is 24.3 Å². The summed E-state index contributed by atoms with van der Waals surface area (Å²) in [6, 6.07) is 8.21. The lowest BCUT2D eigenvalue weighted by Crippen LogP contribution is -2.44. The summed E-state index contributed by atoms with van der Waals surface area (Å²) in [7, 11) is 0. The average molecular weight is 329 g/mol. The second-order valence-corrected chi connectivity index (χ2v) is 7.39. The molecule has 1 fully saturated rings. The standard InChI is InChI=1S/C18H23N3OS/c1-12-6-5-9-15(13(12)2)21-17(22)10-23-18-14-7-3-4-8-16(14)19-11-20-18/h3-4,7-8,11-13,15H,5-6,9-10H2,1-2H3,(H,21,22)/t12-,13-,15-/m1/s1. The first-order valence-corrected chi connectivity index (χ1v) is 9.25. The van der Waals surface area contributed by atoms with Gasteiger partial charge in [-0.2, -0.15) is 0 Å². The first-order chi connectivity index (χ1) is 11.1. The number of hydrogen-bond donors (Lipinski definition) is 1. The van der Waals surface area contributed by atoms with E-state index in [9.17, 15) is 4.79 Å². The van der Waals surface area contributed by atoms with Crippen molar-refractivity contribution >= 4 is 28.6 Å². The number of para-hydroxylation sites is 1. The zero-order valence-corrected chi connectivity index (χ0v) is 14.5. The molecule has 0 radical (unpaired) electrons. The third-order valence-electron chi connectivity index (χ3n) is 4.90. The van der Waals surface area contributed by atoms with Crippen LogP contribution in [-0.4, -0.2) is 27.7 Å². The van der Waals surface area contributed by atoms with Crippen molar-refractivity contribution in [2.75, 3.05) is 5.75 Å². The smallest absolute Gasteiger partial charge is 0.230 e. The van der Waals surface area contributed by atoms with E-state index in [0.717, 1.165) is 22.3 Å². The van der Waals surface area contributed by atoms with Crippen molar-refractivity contribution in [1.29, 1.82) is 0 Å². The van der Waals surface area contributed by atoms with Crippen LogP contribution in [-0.2, 0) is 4.79 Å². The average Bonchev–Trinajstić information content (AvgIpc) is 2.57. The summed E-state index contributed by atoms with van der Waals surface area (Å²) < 4.78 is 0. The highest BCUT2D eigenvalue weighted by Gasteiger charge is 2.28. The van der Waals surface area contributed by atoms with Gasteiger partial charge in [0.25, 0.3) is 0 Å². The first-order valence-electron chi connectivity index (χ1n) is 8.27. The fourth-order valence-electron chi connectivity index (χ4n) is 3.26. The van der Waals surface area contributed by atoms with Crippen LogP contribution in [0, 0.1) is 11.8 Å². The number of thioether (sulfide) groups is 1. The van der Waals surface area contributed by atoms with Gasteiger partial charge in [0, 0.05) is 11.4 Å². The van der Waals surface area contributed by atoms with Crippen LogP contribution in [0.5, 0.6) is 0 Å². The Labute approximate surface area is 141 Å². The van der Waals surface area contributed by atoms with Gasteiger partial charge in [0.15, 0.2) is 0 Å². The van der Waals surface area contributed by atoms with Crippen molar-refractivity contribution in [2.24, 2.45) is 11.8 Å². The van der Waals surface area contributed by atoms with Crippen LogP contribution in [0.2, 0.25) is 0 Å². The number of rotatable bonds is 4. The molecule has 23 heavy (non-hydrogen) atoms. The minimum atomic E-state index is 0.101. The number of fused-ring (bicyclic) bond motifs is 1. The van der Waals surface area contributed by atoms with Crippen LogP contribution >= 0.6 is 11.8 Å². The number of amides is 1. The van der Waals surface area contributed by atoms with Gasteiger partial charge in [-0.15, -0.1) is 0 Å². The maximum atomic E-state index is 12.3. The summed E-state index contributed by atoms with van der Waals surface area (Å²) >= 11 is 1.49. The lowest BCUT2D eigenvalue weighted by molar-refractivity contribution is -0.119. The Kier molecular flexibility index (Phi) is 5.16. The molecule has 1 aliphatic carbocycles.